The summed E-state index contributed by atoms with van der Waals surface area (Å²) in [6.45, 7) is 16.9. The van der Waals surface area contributed by atoms with Gasteiger partial charge in [0.25, 0.3) is 0 Å². The highest BCUT2D eigenvalue weighted by atomic mass is 35.5. The first kappa shape index (κ1) is 92.6. The molecule has 14 heterocycles. The molecule has 36 nitrogen and oxygen atoms in total. The quantitative estimate of drug-likeness (QED) is 0.0293. The summed E-state index contributed by atoms with van der Waals surface area (Å²) in [5.74, 6) is 8.34. The Labute approximate surface area is 782 Å². The van der Waals surface area contributed by atoms with Crippen molar-refractivity contribution in [1.29, 1.82) is 0 Å². The molecule has 14 aromatic rings. The van der Waals surface area contributed by atoms with Crippen LogP contribution in [0.1, 0.15) is 161 Å². The number of aliphatic imine (C=N–C) groups is 2. The van der Waals surface area contributed by atoms with E-state index in [0.29, 0.717) is 80.9 Å². The lowest BCUT2D eigenvalue weighted by Crippen LogP contribution is -2.19. The van der Waals surface area contributed by atoms with E-state index in [-0.39, 0.29) is 47.7 Å². The molecule has 7 aliphatic rings. The van der Waals surface area contributed by atoms with E-state index in [1.165, 1.54) is 25.3 Å². The van der Waals surface area contributed by atoms with Crippen molar-refractivity contribution < 1.29 is 42.8 Å². The number of nitrogens with one attached hydrogen (secondary N) is 3. The summed E-state index contributed by atoms with van der Waals surface area (Å²) >= 11 is 18.3. The topological polar surface area (TPSA) is 429 Å². The van der Waals surface area contributed by atoms with Gasteiger partial charge in [0.1, 0.15) is 140 Å². The van der Waals surface area contributed by atoms with E-state index in [4.69, 9.17) is 94.6 Å². The number of primary amides is 1. The van der Waals surface area contributed by atoms with Gasteiger partial charge in [-0.25, -0.2) is 63.6 Å². The summed E-state index contributed by atoms with van der Waals surface area (Å²) in [7, 11) is 6.48. The van der Waals surface area contributed by atoms with Crippen molar-refractivity contribution in [3.8, 4) is 45.7 Å². The molecule has 0 bridgehead atoms. The highest BCUT2D eigenvalue weighted by Crippen LogP contribution is 2.46. The van der Waals surface area contributed by atoms with Crippen LogP contribution in [0.15, 0.2) is 132 Å². The number of Topliss-reactive ketones (excluding diaryl/α,β-unsaturated/α-hetero) is 2. The van der Waals surface area contributed by atoms with Crippen molar-refractivity contribution in [3.05, 3.63) is 195 Å². The molecule has 3 aliphatic carbocycles. The minimum atomic E-state index is -0.130. The number of benzene rings is 4. The average Bonchev–Trinajstić information content (AvgIpc) is 1.62. The number of carbonyl (C=O) groups is 3. The van der Waals surface area contributed by atoms with Crippen molar-refractivity contribution >= 4 is 137 Å². The van der Waals surface area contributed by atoms with Crippen LogP contribution in [0.25, 0.3) is 45.1 Å². The molecule has 133 heavy (non-hydrogen) atoms. The Hall–Kier alpha value is -13.7. The van der Waals surface area contributed by atoms with Gasteiger partial charge in [0, 0.05) is 74.1 Å². The minimum absolute atomic E-state index is 0.00853. The number of nitrogens with two attached hydrogens (primary N) is 2. The number of aromatic nitrogens is 20. The summed E-state index contributed by atoms with van der Waals surface area (Å²) in [5.41, 5.74) is 28.9. The van der Waals surface area contributed by atoms with Crippen LogP contribution >= 0.6 is 34.8 Å². The largest absolute Gasteiger partial charge is 0.492 e. The third kappa shape index (κ3) is 21.1. The first-order chi connectivity index (χ1) is 64.3. The van der Waals surface area contributed by atoms with Gasteiger partial charge in [0.05, 0.1) is 96.0 Å². The number of halogens is 3. The number of para-hydroxylation sites is 4. The molecule has 4 aliphatic heterocycles. The summed E-state index contributed by atoms with van der Waals surface area (Å²) < 4.78 is 45.3. The number of hydrogen-bond acceptors (Lipinski definition) is 29. The molecule has 2 unspecified atom stereocenters. The minimum Gasteiger partial charge on any atom is -0.492 e. The summed E-state index contributed by atoms with van der Waals surface area (Å²) in [4.78, 5) is 88.9. The second-order valence-corrected chi connectivity index (χ2v) is 34.3. The Kier molecular flexibility index (Phi) is 28.5. The van der Waals surface area contributed by atoms with Gasteiger partial charge < -0.3 is 55.8 Å². The highest BCUT2D eigenvalue weighted by Gasteiger charge is 2.34. The number of aryl methyl sites for hydroxylation is 6. The number of anilines is 7. The third-order valence-electron chi connectivity index (χ3n) is 23.3. The van der Waals surface area contributed by atoms with Gasteiger partial charge in [-0.1, -0.05) is 59.1 Å². The van der Waals surface area contributed by atoms with Gasteiger partial charge in [-0.15, -0.1) is 0 Å². The Balaban J connectivity index is 0.000000123. The number of fused-ring (bicyclic) bond motifs is 4. The number of nitrogens with zero attached hydrogens (tertiary/aromatic N) is 22. The maximum Gasteiger partial charge on any atom is 0.220 e. The Morgan fingerprint density at radius 1 is 0.421 bits per heavy atom. The Morgan fingerprint density at radius 2 is 0.805 bits per heavy atom. The molecule has 4 aromatic carbocycles. The normalized spacial score (nSPS) is 15.8. The Bertz CT molecular complexity index is 6730. The predicted molar refractivity (Wildman–Crippen MR) is 508 cm³/mol. The average molecular weight is 1860 g/mol. The first-order valence-electron chi connectivity index (χ1n) is 44.0. The molecule has 21 rings (SSSR count). The van der Waals surface area contributed by atoms with Gasteiger partial charge in [-0.05, 0) is 199 Å². The smallest absolute Gasteiger partial charge is 0.220 e. The van der Waals surface area contributed by atoms with Crippen molar-refractivity contribution in [2.45, 2.75) is 171 Å². The van der Waals surface area contributed by atoms with Crippen LogP contribution in [0.3, 0.4) is 0 Å². The van der Waals surface area contributed by atoms with E-state index in [1.54, 1.807) is 65.4 Å². The molecule has 0 spiro atoms. The number of carbonyl (C=O) groups excluding carboxylic acids is 3. The molecule has 2 atom stereocenters. The van der Waals surface area contributed by atoms with E-state index in [0.717, 1.165) is 239 Å². The molecule has 1 amide bonds. The van der Waals surface area contributed by atoms with Crippen LogP contribution in [0.2, 0.25) is 15.3 Å². The lowest BCUT2D eigenvalue weighted by Gasteiger charge is -2.25. The summed E-state index contributed by atoms with van der Waals surface area (Å²) in [6, 6.07) is 30.2. The van der Waals surface area contributed by atoms with Crippen molar-refractivity contribution in [2.75, 3.05) is 63.3 Å². The van der Waals surface area contributed by atoms with Crippen molar-refractivity contribution in [1.82, 2.24) is 98.1 Å². The lowest BCUT2D eigenvalue weighted by atomic mass is 10.1. The molecule has 2 saturated heterocycles. The van der Waals surface area contributed by atoms with Crippen LogP contribution in [-0.2, 0) is 49.5 Å². The number of pyridine rings is 4. The SMILES string of the molecule is COc1c(N)cccc1-n1ncnc1C.COc1c(Nc2cc(CC(=O)C3CC3)nc3c2N=C(C)C3)cccc1-n1ncnc1C.COc1c(Nc2cc(CC(=O)C3CC3)nc3c2nc(C)n3C2CCCCO2)cccc1-n1ncnc1C.COc1c(Nc2cc(Cl)nc3c2N=C(C)C3)cccc1-n1ncnc1C.Cc1nc2c(Cl)cc(Cl)nc2n1C1CCCCO1.NC(=O)C1CC1. The molecule has 10 aromatic heterocycles. The summed E-state index contributed by atoms with van der Waals surface area (Å²) in [5, 5.41) is 28.8. The molecule has 0 radical (unpaired) electrons. The fraction of sp³-hybridized carbons (Fsp3) is 0.372. The fourth-order valence-corrected chi connectivity index (χ4v) is 17.0. The zero-order valence-electron chi connectivity index (χ0n) is 76.0. The molecular weight excluding hydrogens is 1760 g/mol. The van der Waals surface area contributed by atoms with Gasteiger partial charge >= 0.3 is 0 Å². The standard InChI is InChI=1S/C27H31N7O3.C23H24N6O2.C18H17ClN6O.C12H13Cl2N3O.C10H12N4O.C4H7NO/c1-16-28-15-29-34(16)22-8-6-7-20(26(22)36-3)32-21-13-19(14-23(35)18-10-11-18)31-27-25(21)30-17(2)33(27)24-9-4-5-12-37-24;1-13-9-18-22(26-13)19(10-16(27-18)11-21(30)15-7-8-15)28-17-5-4-6-20(23(17)31-3)29-14(2)24-12-25-29;1-10-7-13-17(22-10)14(8-16(19)24-13)23-12-5-4-6-15(18(12)26-3)25-11(2)20-9-21-25;1-7-15-11-8(13)6-9(14)16-12(11)17(7)10-4-2-3-5-18-10;1-7-12-6-13-14(7)9-5-3-4-8(11)10(9)15-2;5-4(6)3-1-2-3/h6-8,13,15,18,24H,4-5,9-12,14H2,1-3H3,(H,31,32);4-6,10,12,15H,7-9,11H2,1-3H3,(H,27,28);4-6,8-9H,7H2,1-3H3,(H,23,24);6,10H,2-5H2,1H3;3-6H,11H2,1-2H3;3H,1-2H2,(H2,5,6). The summed E-state index contributed by atoms with van der Waals surface area (Å²) in [6.07, 6.45) is 20.3. The van der Waals surface area contributed by atoms with E-state index in [1.807, 2.05) is 139 Å². The van der Waals surface area contributed by atoms with Gasteiger partial charge in [0.2, 0.25) is 5.91 Å². The molecule has 39 heteroatoms. The second-order valence-electron chi connectivity index (χ2n) is 33.2. The molecule has 5 fully saturated rings. The van der Waals surface area contributed by atoms with E-state index in [2.05, 4.69) is 80.8 Å². The zero-order valence-corrected chi connectivity index (χ0v) is 78.2. The maximum atomic E-state index is 12.7. The number of amides is 1. The first-order valence-corrected chi connectivity index (χ1v) is 45.2. The number of rotatable bonds is 23. The molecule has 3 saturated carbocycles. The lowest BCUT2D eigenvalue weighted by molar-refractivity contribution is -0.120. The van der Waals surface area contributed by atoms with Crippen LogP contribution in [0.4, 0.5) is 51.2 Å². The predicted octanol–water partition coefficient (Wildman–Crippen LogP) is 17.3. The second kappa shape index (κ2) is 41.0. The van der Waals surface area contributed by atoms with Crippen LogP contribution in [0, 0.1) is 59.3 Å². The monoisotopic (exact) mass is 1860 g/mol. The van der Waals surface area contributed by atoms with Crippen molar-refractivity contribution in [2.24, 2.45) is 33.5 Å². The van der Waals surface area contributed by atoms with Gasteiger partial charge in [0.15, 0.2) is 34.3 Å². The maximum absolute atomic E-state index is 12.7. The van der Waals surface area contributed by atoms with Crippen LogP contribution in [0.5, 0.6) is 23.0 Å². The van der Waals surface area contributed by atoms with E-state index < -0.39 is 0 Å². The van der Waals surface area contributed by atoms with E-state index >= 15 is 0 Å². The van der Waals surface area contributed by atoms with Crippen LogP contribution in [-0.4, -0.2) is 169 Å². The number of imidazole rings is 2. The number of methoxy groups -OCH3 is 4. The number of hydrogen-bond donors (Lipinski definition) is 5. The number of nitrogen functional groups attached to an aromatic ring is 1. The molecule has 7 N–H and O–H groups in total. The van der Waals surface area contributed by atoms with Gasteiger partial charge in [-0.2, -0.15) is 20.4 Å². The van der Waals surface area contributed by atoms with E-state index in [9.17, 15) is 14.4 Å². The van der Waals surface area contributed by atoms with Crippen LogP contribution < -0.4 is 46.4 Å². The van der Waals surface area contributed by atoms with Gasteiger partial charge in [-0.3, -0.25) is 38.5 Å². The number of ketones is 2. The van der Waals surface area contributed by atoms with Crippen molar-refractivity contribution in [3.63, 3.8) is 0 Å². The Morgan fingerprint density at radius 3 is 1.20 bits per heavy atom. The fourth-order valence-electron chi connectivity index (χ4n) is 16.3. The molecule has 690 valence electrons. The number of ether oxygens (including phenoxy) is 6. The molecular formula is C94H104Cl3N27O9. The zero-order chi connectivity index (χ0) is 93.4. The highest BCUT2D eigenvalue weighted by molar-refractivity contribution is 6.37. The third-order valence-corrected chi connectivity index (χ3v) is 24.0.